The smallest absolute Gasteiger partial charge is 0.131 e. The molecular formula is C12H21N3O. The van der Waals surface area contributed by atoms with Crippen molar-refractivity contribution in [2.24, 2.45) is 5.92 Å². The van der Waals surface area contributed by atoms with Gasteiger partial charge in [-0.3, -0.25) is 0 Å². The van der Waals surface area contributed by atoms with Gasteiger partial charge in [0.25, 0.3) is 0 Å². The highest BCUT2D eigenvalue weighted by atomic mass is 16.5. The lowest BCUT2D eigenvalue weighted by molar-refractivity contribution is 0.204. The van der Waals surface area contributed by atoms with E-state index in [1.165, 1.54) is 0 Å². The maximum absolute atomic E-state index is 5.69. The fourth-order valence-electron chi connectivity index (χ4n) is 1.56. The second-order valence-corrected chi connectivity index (χ2v) is 4.25. The summed E-state index contributed by atoms with van der Waals surface area (Å²) in [6.07, 6.45) is 0. The first kappa shape index (κ1) is 12.8. The summed E-state index contributed by atoms with van der Waals surface area (Å²) in [6, 6.07) is 5.71. The molecule has 4 heteroatoms. The number of nitrogens with two attached hydrogens (primary N) is 1. The molecule has 1 heterocycles. The van der Waals surface area contributed by atoms with E-state index in [9.17, 15) is 0 Å². The van der Waals surface area contributed by atoms with Crippen LogP contribution in [0.25, 0.3) is 0 Å². The van der Waals surface area contributed by atoms with Crippen molar-refractivity contribution in [3.8, 4) is 0 Å². The Kier molecular flexibility index (Phi) is 5.05. The molecule has 4 nitrogen and oxygen atoms in total. The van der Waals surface area contributed by atoms with Crippen LogP contribution in [0.2, 0.25) is 0 Å². The number of anilines is 2. The van der Waals surface area contributed by atoms with Crippen molar-refractivity contribution in [1.82, 2.24) is 4.98 Å². The molecule has 1 aromatic heterocycles. The van der Waals surface area contributed by atoms with E-state index in [1.54, 1.807) is 13.2 Å². The van der Waals surface area contributed by atoms with Gasteiger partial charge in [-0.1, -0.05) is 19.9 Å². The first-order valence-electron chi connectivity index (χ1n) is 5.60. The Morgan fingerprint density at radius 3 is 2.75 bits per heavy atom. The summed E-state index contributed by atoms with van der Waals surface area (Å²) in [5, 5.41) is 0. The number of ether oxygens (including phenoxy) is 1. The predicted octanol–water partition coefficient (Wildman–Crippen LogP) is 1.77. The molecule has 0 spiro atoms. The van der Waals surface area contributed by atoms with Crippen LogP contribution in [0, 0.1) is 5.92 Å². The maximum atomic E-state index is 5.69. The third kappa shape index (κ3) is 4.06. The van der Waals surface area contributed by atoms with Crippen LogP contribution in [0.15, 0.2) is 18.2 Å². The Morgan fingerprint density at radius 2 is 2.19 bits per heavy atom. The Hall–Kier alpha value is -1.29. The van der Waals surface area contributed by atoms with Crippen LogP contribution < -0.4 is 10.6 Å². The third-order valence-electron chi connectivity index (χ3n) is 2.23. The molecule has 0 fully saturated rings. The third-order valence-corrected chi connectivity index (χ3v) is 2.23. The Balaban J connectivity index is 2.74. The minimum atomic E-state index is 0.559. The van der Waals surface area contributed by atoms with Gasteiger partial charge in [0.2, 0.25) is 0 Å². The highest BCUT2D eigenvalue weighted by Gasteiger charge is 2.09. The number of nitrogens with zero attached hydrogens (tertiary/aromatic N) is 2. The normalized spacial score (nSPS) is 10.8. The van der Waals surface area contributed by atoms with Crippen LogP contribution >= 0.6 is 0 Å². The van der Waals surface area contributed by atoms with Crippen LogP contribution in [-0.2, 0) is 4.74 Å². The van der Waals surface area contributed by atoms with Crippen LogP contribution in [0.4, 0.5) is 11.6 Å². The first-order chi connectivity index (χ1) is 7.63. The van der Waals surface area contributed by atoms with Gasteiger partial charge in [-0.2, -0.15) is 0 Å². The summed E-state index contributed by atoms with van der Waals surface area (Å²) >= 11 is 0. The highest BCUT2D eigenvalue weighted by Crippen LogP contribution is 2.14. The largest absolute Gasteiger partial charge is 0.384 e. The average Bonchev–Trinajstić information content (AvgIpc) is 2.23. The number of nitrogen functional groups attached to an aromatic ring is 1. The summed E-state index contributed by atoms with van der Waals surface area (Å²) in [6.45, 7) is 6.87. The molecule has 0 bridgehead atoms. The van der Waals surface area contributed by atoms with Gasteiger partial charge >= 0.3 is 0 Å². The van der Waals surface area contributed by atoms with Crippen LogP contribution in [0.5, 0.6) is 0 Å². The minimum Gasteiger partial charge on any atom is -0.384 e. The topological polar surface area (TPSA) is 51.4 Å². The van der Waals surface area contributed by atoms with Gasteiger partial charge in [0, 0.05) is 20.2 Å². The molecule has 0 aliphatic heterocycles. The highest BCUT2D eigenvalue weighted by molar-refractivity contribution is 5.44. The molecule has 90 valence electrons. The van der Waals surface area contributed by atoms with Gasteiger partial charge in [-0.05, 0) is 18.1 Å². The summed E-state index contributed by atoms with van der Waals surface area (Å²) in [5.41, 5.74) is 5.69. The van der Waals surface area contributed by atoms with Gasteiger partial charge in [0.15, 0.2) is 0 Å². The van der Waals surface area contributed by atoms with E-state index >= 15 is 0 Å². The minimum absolute atomic E-state index is 0.559. The lowest BCUT2D eigenvalue weighted by Crippen LogP contribution is -2.31. The van der Waals surface area contributed by atoms with Crippen molar-refractivity contribution in [2.75, 3.05) is 37.4 Å². The van der Waals surface area contributed by atoms with Crippen LogP contribution in [0.3, 0.4) is 0 Å². The molecule has 0 atom stereocenters. The first-order valence-corrected chi connectivity index (χ1v) is 5.60. The summed E-state index contributed by atoms with van der Waals surface area (Å²) in [4.78, 5) is 6.53. The molecule has 0 amide bonds. The molecule has 1 rings (SSSR count). The van der Waals surface area contributed by atoms with Gasteiger partial charge in [-0.25, -0.2) is 4.98 Å². The number of methoxy groups -OCH3 is 1. The van der Waals surface area contributed by atoms with Crippen molar-refractivity contribution >= 4 is 11.6 Å². The van der Waals surface area contributed by atoms with Gasteiger partial charge in [0.1, 0.15) is 11.6 Å². The number of pyridine rings is 1. The van der Waals surface area contributed by atoms with Crippen molar-refractivity contribution in [1.29, 1.82) is 0 Å². The number of aromatic nitrogens is 1. The quantitative estimate of drug-likeness (QED) is 0.798. The molecule has 0 aliphatic rings. The van der Waals surface area contributed by atoms with E-state index in [0.717, 1.165) is 18.9 Å². The zero-order valence-electron chi connectivity index (χ0n) is 10.3. The molecule has 16 heavy (non-hydrogen) atoms. The Bertz CT molecular complexity index is 315. The molecule has 0 radical (unpaired) electrons. The maximum Gasteiger partial charge on any atom is 0.131 e. The SMILES string of the molecule is COCCN(CC(C)C)c1cccc(N)n1. The fraction of sp³-hybridized carbons (Fsp3) is 0.583. The van der Waals surface area contributed by atoms with E-state index in [4.69, 9.17) is 10.5 Å². The molecule has 0 saturated carbocycles. The zero-order chi connectivity index (χ0) is 12.0. The van der Waals surface area contributed by atoms with E-state index in [2.05, 4.69) is 23.7 Å². The average molecular weight is 223 g/mol. The predicted molar refractivity (Wildman–Crippen MR) is 67.6 cm³/mol. The van der Waals surface area contributed by atoms with Gasteiger partial charge in [0.05, 0.1) is 6.61 Å². The number of rotatable bonds is 6. The Morgan fingerprint density at radius 1 is 1.44 bits per heavy atom. The fourth-order valence-corrected chi connectivity index (χ4v) is 1.56. The molecule has 0 aromatic carbocycles. The lowest BCUT2D eigenvalue weighted by Gasteiger charge is -2.25. The molecular weight excluding hydrogens is 202 g/mol. The molecule has 1 aromatic rings. The summed E-state index contributed by atoms with van der Waals surface area (Å²) in [7, 11) is 1.71. The lowest BCUT2D eigenvalue weighted by atomic mass is 10.2. The molecule has 2 N–H and O–H groups in total. The second-order valence-electron chi connectivity index (χ2n) is 4.25. The molecule has 0 saturated heterocycles. The Labute approximate surface area is 97.4 Å². The van der Waals surface area contributed by atoms with E-state index < -0.39 is 0 Å². The standard InChI is InChI=1S/C12H21N3O/c1-10(2)9-15(7-8-16-3)12-6-4-5-11(13)14-12/h4-6,10H,7-9H2,1-3H3,(H2,13,14). The molecule has 0 unspecified atom stereocenters. The summed E-state index contributed by atoms with van der Waals surface area (Å²) in [5.74, 6) is 2.06. The zero-order valence-corrected chi connectivity index (χ0v) is 10.3. The second kappa shape index (κ2) is 6.33. The van der Waals surface area contributed by atoms with E-state index in [0.29, 0.717) is 18.3 Å². The number of hydrogen-bond donors (Lipinski definition) is 1. The van der Waals surface area contributed by atoms with Crippen molar-refractivity contribution in [2.45, 2.75) is 13.8 Å². The van der Waals surface area contributed by atoms with Crippen molar-refractivity contribution in [3.63, 3.8) is 0 Å². The number of hydrogen-bond acceptors (Lipinski definition) is 4. The molecule has 0 aliphatic carbocycles. The van der Waals surface area contributed by atoms with Crippen molar-refractivity contribution < 1.29 is 4.74 Å². The van der Waals surface area contributed by atoms with Gasteiger partial charge in [-0.15, -0.1) is 0 Å². The van der Waals surface area contributed by atoms with Crippen molar-refractivity contribution in [3.05, 3.63) is 18.2 Å². The van der Waals surface area contributed by atoms with E-state index in [-0.39, 0.29) is 0 Å². The van der Waals surface area contributed by atoms with E-state index in [1.807, 2.05) is 12.1 Å². The van der Waals surface area contributed by atoms with Crippen LogP contribution in [-0.4, -0.2) is 31.8 Å². The summed E-state index contributed by atoms with van der Waals surface area (Å²) < 4.78 is 5.10. The monoisotopic (exact) mass is 223 g/mol. The van der Waals surface area contributed by atoms with Gasteiger partial charge < -0.3 is 15.4 Å². The van der Waals surface area contributed by atoms with Crippen LogP contribution in [0.1, 0.15) is 13.8 Å².